The van der Waals surface area contributed by atoms with Gasteiger partial charge in [0.25, 0.3) is 5.91 Å². The number of hydrogen-bond donors (Lipinski definition) is 1. The van der Waals surface area contributed by atoms with Gasteiger partial charge in [0.05, 0.1) is 10.9 Å². The second kappa shape index (κ2) is 9.42. The number of fused-ring (bicyclic) bond motifs is 2. The van der Waals surface area contributed by atoms with E-state index in [1.807, 2.05) is 0 Å². The van der Waals surface area contributed by atoms with Gasteiger partial charge in [-0.2, -0.15) is 13.2 Å². The Labute approximate surface area is 206 Å². The van der Waals surface area contributed by atoms with Crippen LogP contribution in [0, 0.1) is 5.82 Å². The van der Waals surface area contributed by atoms with Crippen LogP contribution in [0.25, 0.3) is 32.9 Å². The van der Waals surface area contributed by atoms with E-state index in [9.17, 15) is 27.2 Å². The van der Waals surface area contributed by atoms with Crippen molar-refractivity contribution in [3.8, 4) is 16.9 Å². The summed E-state index contributed by atoms with van der Waals surface area (Å²) in [6, 6.07) is 20.4. The topological polar surface area (TPSA) is 68.5 Å². The Hall–Kier alpha value is -4.66. The van der Waals surface area contributed by atoms with Crippen LogP contribution < -0.4 is 15.5 Å². The molecule has 5 aromatic rings. The first-order chi connectivity index (χ1) is 17.7. The minimum Gasteiger partial charge on any atom is -0.484 e. The molecule has 0 aliphatic carbocycles. The smallest absolute Gasteiger partial charge is 0.450 e. The highest BCUT2D eigenvalue weighted by Gasteiger charge is 2.39. The molecule has 0 saturated heterocycles. The average Bonchev–Trinajstić information content (AvgIpc) is 2.88. The second-order valence-corrected chi connectivity index (χ2v) is 8.16. The van der Waals surface area contributed by atoms with E-state index < -0.39 is 41.3 Å². The van der Waals surface area contributed by atoms with E-state index in [2.05, 4.69) is 5.32 Å². The Kier molecular flexibility index (Phi) is 6.12. The summed E-state index contributed by atoms with van der Waals surface area (Å²) >= 11 is 0. The van der Waals surface area contributed by atoms with Crippen LogP contribution in [0.4, 0.5) is 23.2 Å². The Bertz CT molecular complexity index is 1690. The molecule has 5 rings (SSSR count). The predicted molar refractivity (Wildman–Crippen MR) is 131 cm³/mol. The summed E-state index contributed by atoms with van der Waals surface area (Å²) in [5, 5.41) is 3.59. The highest BCUT2D eigenvalue weighted by Crippen LogP contribution is 2.39. The summed E-state index contributed by atoms with van der Waals surface area (Å²) in [7, 11) is 0. The SMILES string of the molecule is O=C(COc1ccc2c(=O)c(-c3cccc4ccccc34)c(C(F)(F)F)oc2c1)Nc1ccc(F)cc1. The number of benzene rings is 4. The zero-order chi connectivity index (χ0) is 26.2. The molecular weight excluding hydrogens is 490 g/mol. The lowest BCUT2D eigenvalue weighted by Crippen LogP contribution is -2.20. The Balaban J connectivity index is 1.51. The molecular formula is C28H17F4NO4. The highest BCUT2D eigenvalue weighted by molar-refractivity contribution is 5.98. The largest absolute Gasteiger partial charge is 0.484 e. The van der Waals surface area contributed by atoms with Crippen LogP contribution >= 0.6 is 0 Å². The van der Waals surface area contributed by atoms with E-state index in [-0.39, 0.29) is 22.3 Å². The van der Waals surface area contributed by atoms with Crippen molar-refractivity contribution < 1.29 is 31.5 Å². The molecule has 0 unspecified atom stereocenters. The van der Waals surface area contributed by atoms with Crippen LogP contribution in [-0.2, 0) is 11.0 Å². The maximum Gasteiger partial charge on any atom is 0.450 e. The molecule has 0 radical (unpaired) electrons. The fourth-order valence-electron chi connectivity index (χ4n) is 4.03. The molecule has 4 aromatic carbocycles. The molecule has 1 N–H and O–H groups in total. The third kappa shape index (κ3) is 4.88. The van der Waals surface area contributed by atoms with E-state index in [4.69, 9.17) is 9.15 Å². The molecule has 0 bridgehead atoms. The van der Waals surface area contributed by atoms with Crippen molar-refractivity contribution in [2.24, 2.45) is 0 Å². The minimum absolute atomic E-state index is 0.0240. The van der Waals surface area contributed by atoms with E-state index in [1.165, 1.54) is 42.5 Å². The van der Waals surface area contributed by atoms with Crippen LogP contribution in [-0.4, -0.2) is 12.5 Å². The highest BCUT2D eigenvalue weighted by atomic mass is 19.4. The predicted octanol–water partition coefficient (Wildman–Crippen LogP) is 6.79. The summed E-state index contributed by atoms with van der Waals surface area (Å²) in [5.74, 6) is -2.44. The molecule has 5 nitrogen and oxygen atoms in total. The van der Waals surface area contributed by atoms with Gasteiger partial charge in [0.15, 0.2) is 6.61 Å². The maximum absolute atomic E-state index is 14.1. The molecule has 9 heteroatoms. The second-order valence-electron chi connectivity index (χ2n) is 8.16. The molecule has 0 saturated carbocycles. The Morgan fingerprint density at radius 1 is 0.892 bits per heavy atom. The van der Waals surface area contributed by atoms with Gasteiger partial charge in [-0.15, -0.1) is 0 Å². The first-order valence-electron chi connectivity index (χ1n) is 11.0. The number of ether oxygens (including phenoxy) is 1. The van der Waals surface area contributed by atoms with Gasteiger partial charge < -0.3 is 14.5 Å². The monoisotopic (exact) mass is 507 g/mol. The third-order valence-corrected chi connectivity index (χ3v) is 5.68. The molecule has 0 fully saturated rings. The summed E-state index contributed by atoms with van der Waals surface area (Å²) in [6.45, 7) is -0.479. The van der Waals surface area contributed by atoms with Crippen molar-refractivity contribution in [3.05, 3.63) is 107 Å². The number of carbonyl (C=O) groups excluding carboxylic acids is 1. The summed E-state index contributed by atoms with van der Waals surface area (Å²) < 4.78 is 65.9. The van der Waals surface area contributed by atoms with E-state index in [0.717, 1.165) is 6.07 Å². The number of carbonyl (C=O) groups is 1. The van der Waals surface area contributed by atoms with Crippen LogP contribution in [0.1, 0.15) is 5.76 Å². The molecule has 1 heterocycles. The van der Waals surface area contributed by atoms with Crippen molar-refractivity contribution in [2.45, 2.75) is 6.18 Å². The molecule has 1 amide bonds. The molecule has 0 atom stereocenters. The van der Waals surface area contributed by atoms with Gasteiger partial charge in [-0.05, 0) is 52.7 Å². The normalized spacial score (nSPS) is 11.6. The molecule has 186 valence electrons. The van der Waals surface area contributed by atoms with Crippen molar-refractivity contribution in [1.82, 2.24) is 0 Å². The molecule has 0 aliphatic heterocycles. The lowest BCUT2D eigenvalue weighted by molar-refractivity contribution is -0.152. The van der Waals surface area contributed by atoms with Crippen LogP contribution in [0.2, 0.25) is 0 Å². The number of hydrogen-bond acceptors (Lipinski definition) is 4. The van der Waals surface area contributed by atoms with E-state index >= 15 is 0 Å². The van der Waals surface area contributed by atoms with Crippen molar-refractivity contribution in [2.75, 3.05) is 11.9 Å². The van der Waals surface area contributed by atoms with Gasteiger partial charge in [0.1, 0.15) is 17.1 Å². The van der Waals surface area contributed by atoms with Gasteiger partial charge in [-0.25, -0.2) is 4.39 Å². The third-order valence-electron chi connectivity index (χ3n) is 5.68. The van der Waals surface area contributed by atoms with Gasteiger partial charge in [-0.1, -0.05) is 42.5 Å². The van der Waals surface area contributed by atoms with Gasteiger partial charge >= 0.3 is 6.18 Å². The standard InChI is InChI=1S/C28H17F4NO4/c29-17-8-10-18(11-9-17)33-24(34)15-36-19-12-13-22-23(14-19)37-27(28(30,31)32)25(26(22)35)21-7-3-5-16-4-1-2-6-20(16)21/h1-14H,15H2,(H,33,34). The lowest BCUT2D eigenvalue weighted by Gasteiger charge is -2.15. The quantitative estimate of drug-likeness (QED) is 0.266. The van der Waals surface area contributed by atoms with Crippen LogP contribution in [0.3, 0.4) is 0 Å². The fourth-order valence-corrected chi connectivity index (χ4v) is 4.03. The van der Waals surface area contributed by atoms with E-state index in [0.29, 0.717) is 16.5 Å². The molecule has 1 aromatic heterocycles. The molecule has 37 heavy (non-hydrogen) atoms. The number of alkyl halides is 3. The van der Waals surface area contributed by atoms with Crippen molar-refractivity contribution in [1.29, 1.82) is 0 Å². The number of anilines is 1. The fraction of sp³-hybridized carbons (Fsp3) is 0.0714. The van der Waals surface area contributed by atoms with Gasteiger partial charge in [-0.3, -0.25) is 9.59 Å². The lowest BCUT2D eigenvalue weighted by atomic mass is 9.96. The first-order valence-corrected chi connectivity index (χ1v) is 11.0. The Morgan fingerprint density at radius 3 is 2.38 bits per heavy atom. The number of halogens is 4. The van der Waals surface area contributed by atoms with Crippen molar-refractivity contribution in [3.63, 3.8) is 0 Å². The number of amides is 1. The number of nitrogens with one attached hydrogen (secondary N) is 1. The zero-order valence-corrected chi connectivity index (χ0v) is 18.9. The van der Waals surface area contributed by atoms with Crippen molar-refractivity contribution >= 4 is 33.3 Å². The first kappa shape index (κ1) is 24.1. The zero-order valence-electron chi connectivity index (χ0n) is 18.9. The Morgan fingerprint density at radius 2 is 1.62 bits per heavy atom. The maximum atomic E-state index is 14.1. The minimum atomic E-state index is -4.95. The van der Waals surface area contributed by atoms with Crippen LogP contribution in [0.5, 0.6) is 5.75 Å². The average molecular weight is 507 g/mol. The number of rotatable bonds is 5. The summed E-state index contributed by atoms with van der Waals surface area (Å²) in [5.41, 5.74) is -1.30. The molecule has 0 aliphatic rings. The van der Waals surface area contributed by atoms with E-state index in [1.54, 1.807) is 36.4 Å². The van der Waals surface area contributed by atoms with Crippen LogP contribution in [0.15, 0.2) is 94.1 Å². The van der Waals surface area contributed by atoms with Gasteiger partial charge in [0.2, 0.25) is 11.2 Å². The molecule has 0 spiro atoms. The van der Waals surface area contributed by atoms with Gasteiger partial charge in [0, 0.05) is 11.8 Å². The summed E-state index contributed by atoms with van der Waals surface area (Å²) in [4.78, 5) is 25.5. The summed E-state index contributed by atoms with van der Waals surface area (Å²) in [6.07, 6.45) is -4.95.